The Hall–Kier alpha value is -2.21. The molecule has 2 rings (SSSR count). The first-order valence-electron chi connectivity index (χ1n) is 5.85. The second-order valence-electron chi connectivity index (χ2n) is 4.51. The number of hydrogen-bond donors (Lipinski definition) is 0. The molecule has 0 radical (unpaired) electrons. The number of rotatable bonds is 4. The molecule has 0 unspecified atom stereocenters. The van der Waals surface area contributed by atoms with Crippen LogP contribution in [0.1, 0.15) is 41.4 Å². The zero-order valence-corrected chi connectivity index (χ0v) is 11.5. The van der Waals surface area contributed by atoms with Gasteiger partial charge < -0.3 is 4.52 Å². The van der Waals surface area contributed by atoms with Gasteiger partial charge in [0.15, 0.2) is 0 Å². The van der Waals surface area contributed by atoms with Gasteiger partial charge in [-0.1, -0.05) is 30.6 Å². The molecule has 1 aromatic carbocycles. The fourth-order valence-electron chi connectivity index (χ4n) is 1.83. The average Bonchev–Trinajstić information content (AvgIpc) is 2.87. The minimum absolute atomic E-state index is 0.0375. The molecule has 0 aliphatic carbocycles. The molecule has 0 N–H and O–H groups in total. The molecule has 0 atom stereocenters. The van der Waals surface area contributed by atoms with Gasteiger partial charge >= 0.3 is 0 Å². The number of benzene rings is 1. The number of carbonyl (C=O) groups excluding carboxylic acids is 1. The maximum atomic E-state index is 12.4. The molecule has 2 aromatic rings. The Morgan fingerprint density at radius 3 is 2.70 bits per heavy atom. The molecule has 1 heterocycles. The van der Waals surface area contributed by atoms with Gasteiger partial charge in [0.1, 0.15) is 11.3 Å². The minimum atomic E-state index is -0.637. The van der Waals surface area contributed by atoms with Gasteiger partial charge in [0, 0.05) is 17.0 Å². The van der Waals surface area contributed by atoms with Crippen LogP contribution in [-0.4, -0.2) is 15.9 Å². The van der Waals surface area contributed by atoms with Crippen molar-refractivity contribution < 1.29 is 14.2 Å². The standard InChI is InChI=1S/C13H11ClN2O4/c1-7(2)13-10(6-15-20-13)12(17)9-4-3-8(14)5-11(9)16(18)19/h3-7H,1-2H3. The summed E-state index contributed by atoms with van der Waals surface area (Å²) in [4.78, 5) is 22.8. The average molecular weight is 295 g/mol. The summed E-state index contributed by atoms with van der Waals surface area (Å²) in [7, 11) is 0. The van der Waals surface area contributed by atoms with E-state index in [9.17, 15) is 14.9 Å². The lowest BCUT2D eigenvalue weighted by molar-refractivity contribution is -0.385. The highest BCUT2D eigenvalue weighted by Gasteiger charge is 2.26. The van der Waals surface area contributed by atoms with Gasteiger partial charge in [-0.25, -0.2) is 0 Å². The van der Waals surface area contributed by atoms with E-state index in [0.29, 0.717) is 5.76 Å². The zero-order valence-electron chi connectivity index (χ0n) is 10.8. The number of halogens is 1. The Balaban J connectivity index is 2.54. The molecule has 0 aliphatic rings. The van der Waals surface area contributed by atoms with Gasteiger partial charge in [-0.3, -0.25) is 14.9 Å². The first-order chi connectivity index (χ1) is 9.41. The fraction of sp³-hybridized carbons (Fsp3) is 0.231. The summed E-state index contributed by atoms with van der Waals surface area (Å²) >= 11 is 5.73. The highest BCUT2D eigenvalue weighted by molar-refractivity contribution is 6.31. The number of hydrogen-bond acceptors (Lipinski definition) is 5. The van der Waals surface area contributed by atoms with Crippen LogP contribution in [0.4, 0.5) is 5.69 Å². The Kier molecular flexibility index (Phi) is 3.85. The van der Waals surface area contributed by atoms with E-state index in [1.807, 2.05) is 13.8 Å². The van der Waals surface area contributed by atoms with Crippen LogP contribution in [0, 0.1) is 10.1 Å². The molecule has 0 amide bonds. The van der Waals surface area contributed by atoms with Crippen LogP contribution < -0.4 is 0 Å². The van der Waals surface area contributed by atoms with Gasteiger partial charge in [0.05, 0.1) is 16.7 Å². The molecular formula is C13H11ClN2O4. The molecule has 1 aromatic heterocycles. The van der Waals surface area contributed by atoms with Gasteiger partial charge in [0.25, 0.3) is 5.69 Å². The Morgan fingerprint density at radius 1 is 1.40 bits per heavy atom. The van der Waals surface area contributed by atoms with Crippen molar-refractivity contribution in [3.05, 3.63) is 56.4 Å². The van der Waals surface area contributed by atoms with Gasteiger partial charge in [-0.15, -0.1) is 0 Å². The quantitative estimate of drug-likeness (QED) is 0.488. The molecule has 0 bridgehead atoms. The monoisotopic (exact) mass is 294 g/mol. The van der Waals surface area contributed by atoms with Gasteiger partial charge in [-0.05, 0) is 12.1 Å². The number of nitrogens with zero attached hydrogens (tertiary/aromatic N) is 2. The van der Waals surface area contributed by atoms with E-state index in [1.54, 1.807) is 0 Å². The minimum Gasteiger partial charge on any atom is -0.360 e. The highest BCUT2D eigenvalue weighted by Crippen LogP contribution is 2.28. The Labute approximate surface area is 119 Å². The summed E-state index contributed by atoms with van der Waals surface area (Å²) in [6.07, 6.45) is 1.27. The van der Waals surface area contributed by atoms with Crippen LogP contribution in [0.2, 0.25) is 5.02 Å². The number of carbonyl (C=O) groups is 1. The molecule has 104 valence electrons. The van der Waals surface area contributed by atoms with E-state index in [-0.39, 0.29) is 27.8 Å². The van der Waals surface area contributed by atoms with E-state index in [4.69, 9.17) is 16.1 Å². The molecule has 0 aliphatic heterocycles. The lowest BCUT2D eigenvalue weighted by Gasteiger charge is -2.04. The second-order valence-corrected chi connectivity index (χ2v) is 4.94. The van der Waals surface area contributed by atoms with Crippen LogP contribution in [0.15, 0.2) is 28.9 Å². The molecule has 0 spiro atoms. The van der Waals surface area contributed by atoms with Crippen molar-refractivity contribution >= 4 is 23.1 Å². The van der Waals surface area contributed by atoms with Crippen molar-refractivity contribution in [2.24, 2.45) is 0 Å². The number of nitro benzene ring substituents is 1. The molecule has 20 heavy (non-hydrogen) atoms. The fourth-order valence-corrected chi connectivity index (χ4v) is 1.99. The smallest absolute Gasteiger partial charge is 0.282 e. The molecule has 6 nitrogen and oxygen atoms in total. The van der Waals surface area contributed by atoms with Crippen molar-refractivity contribution in [2.75, 3.05) is 0 Å². The van der Waals surface area contributed by atoms with E-state index < -0.39 is 10.7 Å². The summed E-state index contributed by atoms with van der Waals surface area (Å²) in [5.41, 5.74) is -0.145. The highest BCUT2D eigenvalue weighted by atomic mass is 35.5. The number of nitro groups is 1. The zero-order chi connectivity index (χ0) is 14.9. The van der Waals surface area contributed by atoms with E-state index in [2.05, 4.69) is 5.16 Å². The van der Waals surface area contributed by atoms with Crippen LogP contribution in [0.3, 0.4) is 0 Å². The van der Waals surface area contributed by atoms with Crippen LogP contribution >= 0.6 is 11.6 Å². The van der Waals surface area contributed by atoms with Gasteiger partial charge in [-0.2, -0.15) is 0 Å². The van der Waals surface area contributed by atoms with Crippen molar-refractivity contribution in [1.82, 2.24) is 5.16 Å². The van der Waals surface area contributed by atoms with Gasteiger partial charge in [0.2, 0.25) is 5.78 Å². The third-order valence-corrected chi connectivity index (χ3v) is 3.00. The summed E-state index contributed by atoms with van der Waals surface area (Å²) < 4.78 is 5.03. The third-order valence-electron chi connectivity index (χ3n) is 2.77. The van der Waals surface area contributed by atoms with Crippen molar-refractivity contribution in [1.29, 1.82) is 0 Å². The van der Waals surface area contributed by atoms with Crippen LogP contribution in [-0.2, 0) is 0 Å². The maximum Gasteiger partial charge on any atom is 0.282 e. The normalized spacial score (nSPS) is 10.8. The number of ketones is 1. The third kappa shape index (κ3) is 2.55. The van der Waals surface area contributed by atoms with Crippen LogP contribution in [0.5, 0.6) is 0 Å². The van der Waals surface area contributed by atoms with Crippen molar-refractivity contribution in [2.45, 2.75) is 19.8 Å². The summed E-state index contributed by atoms with van der Waals surface area (Å²) in [6, 6.07) is 3.92. The Bertz CT molecular complexity index is 679. The van der Waals surface area contributed by atoms with Crippen molar-refractivity contribution in [3.8, 4) is 0 Å². The largest absolute Gasteiger partial charge is 0.360 e. The Morgan fingerprint density at radius 2 is 2.10 bits per heavy atom. The van der Waals surface area contributed by atoms with Crippen molar-refractivity contribution in [3.63, 3.8) is 0 Å². The predicted octanol–water partition coefficient (Wildman–Crippen LogP) is 3.59. The molecular weight excluding hydrogens is 284 g/mol. The first kappa shape index (κ1) is 14.2. The molecule has 0 saturated heterocycles. The first-order valence-corrected chi connectivity index (χ1v) is 6.22. The number of aromatic nitrogens is 1. The lowest BCUT2D eigenvalue weighted by Crippen LogP contribution is -2.07. The van der Waals surface area contributed by atoms with E-state index in [0.717, 1.165) is 6.07 Å². The van der Waals surface area contributed by atoms with E-state index in [1.165, 1.54) is 18.3 Å². The summed E-state index contributed by atoms with van der Waals surface area (Å²) in [6.45, 7) is 3.68. The van der Waals surface area contributed by atoms with E-state index >= 15 is 0 Å². The summed E-state index contributed by atoms with van der Waals surface area (Å²) in [5.74, 6) is -0.152. The molecule has 7 heteroatoms. The predicted molar refractivity (Wildman–Crippen MR) is 72.1 cm³/mol. The molecule has 0 fully saturated rings. The molecule has 0 saturated carbocycles. The summed E-state index contributed by atoms with van der Waals surface area (Å²) in [5, 5.41) is 14.8. The lowest BCUT2D eigenvalue weighted by atomic mass is 9.98. The maximum absolute atomic E-state index is 12.4. The second kappa shape index (κ2) is 5.42. The van der Waals surface area contributed by atoms with Crippen LogP contribution in [0.25, 0.3) is 0 Å². The SMILES string of the molecule is CC(C)c1oncc1C(=O)c1ccc(Cl)cc1[N+](=O)[O-]. The topological polar surface area (TPSA) is 86.2 Å².